The summed E-state index contributed by atoms with van der Waals surface area (Å²) in [5.74, 6) is -0.620. The van der Waals surface area contributed by atoms with Gasteiger partial charge in [0.1, 0.15) is 5.75 Å². The molecule has 0 fully saturated rings. The molecule has 0 saturated heterocycles. The van der Waals surface area contributed by atoms with Crippen molar-refractivity contribution in [1.29, 1.82) is 0 Å². The van der Waals surface area contributed by atoms with Crippen molar-refractivity contribution < 1.29 is 14.6 Å². The zero-order valence-corrected chi connectivity index (χ0v) is 11.2. The minimum Gasteiger partial charge on any atom is -0.494 e. The van der Waals surface area contributed by atoms with Crippen LogP contribution in [-0.2, 0) is 0 Å². The number of aryl methyl sites for hydroxylation is 1. The van der Waals surface area contributed by atoms with Gasteiger partial charge in [-0.1, -0.05) is 0 Å². The van der Waals surface area contributed by atoms with Crippen LogP contribution in [-0.4, -0.2) is 27.5 Å². The first kappa shape index (κ1) is 13.8. The van der Waals surface area contributed by atoms with E-state index < -0.39 is 17.1 Å². The van der Waals surface area contributed by atoms with Crippen molar-refractivity contribution in [1.82, 2.24) is 9.78 Å². The Hall–Kier alpha value is -2.63. The third-order valence-corrected chi connectivity index (χ3v) is 2.71. The van der Waals surface area contributed by atoms with Crippen LogP contribution in [0.2, 0.25) is 0 Å². The van der Waals surface area contributed by atoms with E-state index in [-0.39, 0.29) is 0 Å². The van der Waals surface area contributed by atoms with E-state index in [1.807, 2.05) is 6.92 Å². The predicted molar refractivity (Wildman–Crippen MR) is 72.7 cm³/mol. The highest BCUT2D eigenvalue weighted by atomic mass is 16.5. The summed E-state index contributed by atoms with van der Waals surface area (Å²) >= 11 is 0. The zero-order valence-electron chi connectivity index (χ0n) is 11.2. The average molecular weight is 274 g/mol. The predicted octanol–water partition coefficient (Wildman–Crippen LogP) is 1.64. The van der Waals surface area contributed by atoms with E-state index in [4.69, 9.17) is 9.84 Å². The molecule has 0 aliphatic carbocycles. The Morgan fingerprint density at radius 2 is 2.00 bits per heavy atom. The van der Waals surface area contributed by atoms with E-state index >= 15 is 0 Å². The Kier molecular flexibility index (Phi) is 3.84. The summed E-state index contributed by atoms with van der Waals surface area (Å²) in [4.78, 5) is 22.7. The van der Waals surface area contributed by atoms with Crippen LogP contribution in [0.5, 0.6) is 5.75 Å². The highest BCUT2D eigenvalue weighted by Crippen LogP contribution is 2.14. The van der Waals surface area contributed by atoms with Gasteiger partial charge in [-0.15, -0.1) is 0 Å². The van der Waals surface area contributed by atoms with Gasteiger partial charge in [-0.05, 0) is 38.1 Å². The quantitative estimate of drug-likeness (QED) is 0.916. The third-order valence-electron chi connectivity index (χ3n) is 2.71. The largest absolute Gasteiger partial charge is 0.494 e. The molecule has 2 aromatic rings. The van der Waals surface area contributed by atoms with E-state index in [0.29, 0.717) is 23.6 Å². The lowest BCUT2D eigenvalue weighted by Crippen LogP contribution is -2.23. The lowest BCUT2D eigenvalue weighted by atomic mass is 10.2. The monoisotopic (exact) mass is 274 g/mol. The summed E-state index contributed by atoms with van der Waals surface area (Å²) in [5.41, 5.74) is -0.0797. The first-order valence-electron chi connectivity index (χ1n) is 6.10. The molecule has 1 aromatic carbocycles. The fourth-order valence-electron chi connectivity index (χ4n) is 1.74. The number of nitrogens with zero attached hydrogens (tertiary/aromatic N) is 2. The van der Waals surface area contributed by atoms with Crippen LogP contribution in [0, 0.1) is 6.92 Å². The molecule has 1 heterocycles. The van der Waals surface area contributed by atoms with E-state index in [1.165, 1.54) is 10.9 Å². The van der Waals surface area contributed by atoms with Crippen LogP contribution in [0.25, 0.3) is 5.69 Å². The van der Waals surface area contributed by atoms with Gasteiger partial charge in [-0.25, -0.2) is 9.48 Å². The van der Waals surface area contributed by atoms with Crippen LogP contribution in [0.15, 0.2) is 35.3 Å². The topological polar surface area (TPSA) is 81.4 Å². The number of carbonyl (C=O) groups is 1. The van der Waals surface area contributed by atoms with Crippen molar-refractivity contribution in [3.63, 3.8) is 0 Å². The molecule has 20 heavy (non-hydrogen) atoms. The van der Waals surface area contributed by atoms with Crippen LogP contribution in [0.3, 0.4) is 0 Å². The average Bonchev–Trinajstić information content (AvgIpc) is 2.42. The molecule has 0 aliphatic heterocycles. The van der Waals surface area contributed by atoms with Crippen molar-refractivity contribution in [3.8, 4) is 11.4 Å². The number of hydrogen-bond donors (Lipinski definition) is 1. The lowest BCUT2D eigenvalue weighted by molar-refractivity contribution is 0.0686. The summed E-state index contributed by atoms with van der Waals surface area (Å²) < 4.78 is 6.70. The number of rotatable bonds is 4. The van der Waals surface area contributed by atoms with E-state index in [2.05, 4.69) is 5.10 Å². The van der Waals surface area contributed by atoms with Gasteiger partial charge in [0.15, 0.2) is 0 Å². The first-order valence-corrected chi connectivity index (χ1v) is 6.10. The molecular formula is C14H14N2O4. The molecule has 104 valence electrons. The van der Waals surface area contributed by atoms with Crippen LogP contribution < -0.4 is 10.2 Å². The summed E-state index contributed by atoms with van der Waals surface area (Å²) in [6, 6.07) is 7.00. The van der Waals surface area contributed by atoms with Crippen LogP contribution >= 0.6 is 0 Å². The van der Waals surface area contributed by atoms with Crippen LogP contribution in [0.1, 0.15) is 23.0 Å². The maximum atomic E-state index is 11.7. The Bertz CT molecular complexity index is 689. The SMILES string of the molecule is CCOc1ccc(-n2cc(C)c(=O)c(C(=O)O)n2)cc1. The molecule has 0 saturated carbocycles. The maximum Gasteiger partial charge on any atom is 0.360 e. The van der Waals surface area contributed by atoms with Crippen LogP contribution in [0.4, 0.5) is 0 Å². The normalized spacial score (nSPS) is 10.3. The van der Waals surface area contributed by atoms with Gasteiger partial charge in [0.05, 0.1) is 12.3 Å². The number of aromatic nitrogens is 2. The minimum absolute atomic E-state index is 0.325. The number of ether oxygens (including phenoxy) is 1. The maximum absolute atomic E-state index is 11.7. The van der Waals surface area contributed by atoms with Gasteiger partial charge in [0, 0.05) is 11.8 Å². The van der Waals surface area contributed by atoms with Gasteiger partial charge in [0.25, 0.3) is 0 Å². The van der Waals surface area contributed by atoms with Crippen molar-refractivity contribution in [2.24, 2.45) is 0 Å². The van der Waals surface area contributed by atoms with Crippen molar-refractivity contribution in [2.75, 3.05) is 6.61 Å². The second-order valence-electron chi connectivity index (χ2n) is 4.17. The fraction of sp³-hybridized carbons (Fsp3) is 0.214. The summed E-state index contributed by atoms with van der Waals surface area (Å²) in [5, 5.41) is 12.8. The molecule has 6 heteroatoms. The number of hydrogen-bond acceptors (Lipinski definition) is 4. The molecule has 0 spiro atoms. The molecule has 0 amide bonds. The zero-order chi connectivity index (χ0) is 14.7. The highest BCUT2D eigenvalue weighted by molar-refractivity contribution is 5.85. The Morgan fingerprint density at radius 1 is 1.35 bits per heavy atom. The van der Waals surface area contributed by atoms with Gasteiger partial charge < -0.3 is 9.84 Å². The van der Waals surface area contributed by atoms with E-state index in [9.17, 15) is 9.59 Å². The van der Waals surface area contributed by atoms with E-state index in [1.54, 1.807) is 31.2 Å². The molecular weight excluding hydrogens is 260 g/mol. The second kappa shape index (κ2) is 5.56. The number of carboxylic acids is 1. The number of aromatic carboxylic acids is 1. The molecule has 0 radical (unpaired) electrons. The molecule has 1 aromatic heterocycles. The van der Waals surface area contributed by atoms with Gasteiger partial charge in [-0.2, -0.15) is 5.10 Å². The summed E-state index contributed by atoms with van der Waals surface area (Å²) in [6.07, 6.45) is 1.50. The standard InChI is InChI=1S/C14H14N2O4/c1-3-20-11-6-4-10(5-7-11)16-8-9(2)13(17)12(15-16)14(18)19/h4-8H,3H2,1-2H3,(H,18,19). The molecule has 0 unspecified atom stereocenters. The lowest BCUT2D eigenvalue weighted by Gasteiger charge is -2.09. The second-order valence-corrected chi connectivity index (χ2v) is 4.17. The number of carboxylic acid groups (broad SMARTS) is 1. The smallest absolute Gasteiger partial charge is 0.360 e. The van der Waals surface area contributed by atoms with Crippen molar-refractivity contribution >= 4 is 5.97 Å². The molecule has 1 N–H and O–H groups in total. The molecule has 0 aliphatic rings. The van der Waals surface area contributed by atoms with Gasteiger partial charge >= 0.3 is 5.97 Å². The molecule has 6 nitrogen and oxygen atoms in total. The third kappa shape index (κ3) is 2.69. The van der Waals surface area contributed by atoms with Crippen molar-refractivity contribution in [2.45, 2.75) is 13.8 Å². The molecule has 2 rings (SSSR count). The summed E-state index contributed by atoms with van der Waals surface area (Å²) in [7, 11) is 0. The number of benzene rings is 1. The van der Waals surface area contributed by atoms with Crippen molar-refractivity contribution in [3.05, 3.63) is 51.9 Å². The molecule has 0 bridgehead atoms. The molecule has 0 atom stereocenters. The minimum atomic E-state index is -1.33. The Labute approximate surface area is 115 Å². The first-order chi connectivity index (χ1) is 9.52. The Morgan fingerprint density at radius 3 is 2.55 bits per heavy atom. The summed E-state index contributed by atoms with van der Waals surface area (Å²) in [6.45, 7) is 4.01. The van der Waals surface area contributed by atoms with Gasteiger partial charge in [0.2, 0.25) is 11.1 Å². The van der Waals surface area contributed by atoms with E-state index in [0.717, 1.165) is 0 Å². The van der Waals surface area contributed by atoms with Gasteiger partial charge in [-0.3, -0.25) is 4.79 Å². The Balaban J connectivity index is 2.47. The highest BCUT2D eigenvalue weighted by Gasteiger charge is 2.14. The fourth-order valence-corrected chi connectivity index (χ4v) is 1.74.